The highest BCUT2D eigenvalue weighted by Crippen LogP contribution is 2.19. The number of nitrogens with two attached hydrogens (primary N) is 1. The Bertz CT molecular complexity index is 412. The first-order valence-electron chi connectivity index (χ1n) is 4.54. The van der Waals surface area contributed by atoms with E-state index >= 15 is 0 Å². The van der Waals surface area contributed by atoms with Crippen molar-refractivity contribution >= 4 is 33.4 Å². The van der Waals surface area contributed by atoms with E-state index in [4.69, 9.17) is 10.9 Å². The van der Waals surface area contributed by atoms with Crippen LogP contribution in [0.3, 0.4) is 0 Å². The zero-order valence-electron chi connectivity index (χ0n) is 8.70. The molecule has 0 aliphatic carbocycles. The van der Waals surface area contributed by atoms with Gasteiger partial charge >= 0.3 is 0 Å². The molecule has 6 heteroatoms. The van der Waals surface area contributed by atoms with Crippen LogP contribution in [-0.2, 0) is 4.79 Å². The van der Waals surface area contributed by atoms with Gasteiger partial charge in [-0.15, -0.1) is 0 Å². The topological polar surface area (TPSA) is 87.7 Å². The van der Waals surface area contributed by atoms with Gasteiger partial charge in [0.15, 0.2) is 0 Å². The molecule has 0 aliphatic heterocycles. The Hall–Kier alpha value is -1.56. The molecule has 16 heavy (non-hydrogen) atoms. The van der Waals surface area contributed by atoms with Crippen molar-refractivity contribution in [2.75, 3.05) is 5.32 Å². The summed E-state index contributed by atoms with van der Waals surface area (Å²) in [4.78, 5) is 11.4. The largest absolute Gasteiger partial charge is 0.409 e. The van der Waals surface area contributed by atoms with Gasteiger partial charge in [0.1, 0.15) is 5.84 Å². The molecule has 0 radical (unpaired) electrons. The van der Waals surface area contributed by atoms with Crippen LogP contribution in [0.1, 0.15) is 12.0 Å². The lowest BCUT2D eigenvalue weighted by atomic mass is 10.2. The van der Waals surface area contributed by atoms with Gasteiger partial charge in [-0.05, 0) is 30.7 Å². The Morgan fingerprint density at radius 1 is 1.56 bits per heavy atom. The van der Waals surface area contributed by atoms with E-state index in [0.717, 1.165) is 10.0 Å². The number of oxime groups is 1. The normalized spacial score (nSPS) is 11.2. The fraction of sp³-hybridized carbons (Fsp3) is 0.200. The summed E-state index contributed by atoms with van der Waals surface area (Å²) in [6.07, 6.45) is -0.137. The predicted octanol–water partition coefficient (Wildman–Crippen LogP) is 1.83. The Morgan fingerprint density at radius 3 is 2.81 bits per heavy atom. The minimum Gasteiger partial charge on any atom is -0.409 e. The number of carbonyl (C=O) groups is 1. The number of anilines is 1. The van der Waals surface area contributed by atoms with E-state index in [0.29, 0.717) is 5.69 Å². The zero-order valence-corrected chi connectivity index (χ0v) is 10.3. The molecule has 0 bridgehead atoms. The van der Waals surface area contributed by atoms with Crippen molar-refractivity contribution in [3.8, 4) is 0 Å². The molecule has 0 saturated carbocycles. The lowest BCUT2D eigenvalue weighted by Gasteiger charge is -2.06. The molecule has 0 aromatic heterocycles. The summed E-state index contributed by atoms with van der Waals surface area (Å²) in [6, 6.07) is 5.53. The minimum absolute atomic E-state index is 0.121. The molecule has 0 atom stereocenters. The first kappa shape index (κ1) is 12.5. The molecule has 1 amide bonds. The van der Waals surface area contributed by atoms with Crippen molar-refractivity contribution < 1.29 is 10.0 Å². The van der Waals surface area contributed by atoms with Gasteiger partial charge in [-0.1, -0.05) is 21.1 Å². The van der Waals surface area contributed by atoms with Crippen molar-refractivity contribution in [1.29, 1.82) is 0 Å². The molecule has 4 N–H and O–H groups in total. The summed E-state index contributed by atoms with van der Waals surface area (Å²) >= 11 is 3.33. The number of hydrogen-bond donors (Lipinski definition) is 3. The standard InChI is InChI=1S/C10H12BrN3O2/c1-6-2-7(11)4-8(3-6)13-10(15)5-9(12)14-16/h2-4,16H,5H2,1H3,(H2,12,14)(H,13,15). The summed E-state index contributed by atoms with van der Waals surface area (Å²) in [5.41, 5.74) is 6.91. The molecule has 5 nitrogen and oxygen atoms in total. The Kier molecular flexibility index (Phi) is 4.30. The van der Waals surface area contributed by atoms with Crippen LogP contribution >= 0.6 is 15.9 Å². The van der Waals surface area contributed by atoms with Crippen LogP contribution in [0.2, 0.25) is 0 Å². The van der Waals surface area contributed by atoms with E-state index in [1.807, 2.05) is 19.1 Å². The van der Waals surface area contributed by atoms with Crippen LogP contribution in [0.5, 0.6) is 0 Å². The molecule has 0 unspecified atom stereocenters. The summed E-state index contributed by atoms with van der Waals surface area (Å²) < 4.78 is 0.881. The fourth-order valence-corrected chi connectivity index (χ4v) is 1.82. The maximum absolute atomic E-state index is 11.4. The van der Waals surface area contributed by atoms with Crippen molar-refractivity contribution in [2.24, 2.45) is 10.9 Å². The summed E-state index contributed by atoms with van der Waals surface area (Å²) in [6.45, 7) is 1.92. The molecule has 1 aromatic carbocycles. The Labute approximate surface area is 101 Å². The van der Waals surface area contributed by atoms with Gasteiger partial charge in [0.05, 0.1) is 6.42 Å². The van der Waals surface area contributed by atoms with Crippen LogP contribution in [0, 0.1) is 6.92 Å². The summed E-state index contributed by atoms with van der Waals surface area (Å²) in [5.74, 6) is -0.447. The predicted molar refractivity (Wildman–Crippen MR) is 65.5 cm³/mol. The minimum atomic E-state index is -0.326. The smallest absolute Gasteiger partial charge is 0.232 e. The van der Waals surface area contributed by atoms with Crippen molar-refractivity contribution in [2.45, 2.75) is 13.3 Å². The first-order valence-corrected chi connectivity index (χ1v) is 5.34. The molecule has 0 fully saturated rings. The van der Waals surface area contributed by atoms with Crippen LogP contribution in [0.15, 0.2) is 27.8 Å². The Balaban J connectivity index is 2.70. The number of nitrogens with one attached hydrogen (secondary N) is 1. The molecule has 0 spiro atoms. The van der Waals surface area contributed by atoms with Crippen LogP contribution in [0.25, 0.3) is 0 Å². The number of amidine groups is 1. The molecular formula is C10H12BrN3O2. The van der Waals surface area contributed by atoms with E-state index in [1.54, 1.807) is 6.07 Å². The fourth-order valence-electron chi connectivity index (χ4n) is 1.21. The zero-order chi connectivity index (χ0) is 12.1. The quantitative estimate of drug-likeness (QED) is 0.343. The average Bonchev–Trinajstić information content (AvgIpc) is 2.15. The third-order valence-corrected chi connectivity index (χ3v) is 2.25. The number of halogens is 1. The van der Waals surface area contributed by atoms with Gasteiger partial charge in [0.2, 0.25) is 5.91 Å². The number of nitrogens with zero attached hydrogens (tertiary/aromatic N) is 1. The lowest BCUT2D eigenvalue weighted by molar-refractivity contribution is -0.115. The molecule has 1 rings (SSSR count). The van der Waals surface area contributed by atoms with Crippen LogP contribution in [-0.4, -0.2) is 17.0 Å². The number of hydrogen-bond acceptors (Lipinski definition) is 3. The van der Waals surface area contributed by atoms with Crippen LogP contribution < -0.4 is 11.1 Å². The van der Waals surface area contributed by atoms with E-state index < -0.39 is 0 Å². The van der Waals surface area contributed by atoms with Gasteiger partial charge in [-0.2, -0.15) is 0 Å². The second-order valence-electron chi connectivity index (χ2n) is 3.33. The van der Waals surface area contributed by atoms with Crippen molar-refractivity contribution in [3.05, 3.63) is 28.2 Å². The lowest BCUT2D eigenvalue weighted by Crippen LogP contribution is -2.22. The molecule has 1 aromatic rings. The molecule has 0 saturated heterocycles. The number of rotatable bonds is 3. The van der Waals surface area contributed by atoms with Gasteiger partial charge in [0.25, 0.3) is 0 Å². The number of carbonyl (C=O) groups excluding carboxylic acids is 1. The monoisotopic (exact) mass is 285 g/mol. The van der Waals surface area contributed by atoms with E-state index in [1.165, 1.54) is 0 Å². The van der Waals surface area contributed by atoms with Gasteiger partial charge in [0, 0.05) is 10.2 Å². The van der Waals surface area contributed by atoms with Crippen molar-refractivity contribution in [3.63, 3.8) is 0 Å². The molecular weight excluding hydrogens is 274 g/mol. The van der Waals surface area contributed by atoms with E-state index in [9.17, 15) is 4.79 Å². The Morgan fingerprint density at radius 2 is 2.25 bits per heavy atom. The summed E-state index contributed by atoms with van der Waals surface area (Å²) in [7, 11) is 0. The molecule has 86 valence electrons. The van der Waals surface area contributed by atoms with Crippen molar-refractivity contribution in [1.82, 2.24) is 0 Å². The summed E-state index contributed by atoms with van der Waals surface area (Å²) in [5, 5.41) is 13.7. The average molecular weight is 286 g/mol. The highest BCUT2D eigenvalue weighted by molar-refractivity contribution is 9.10. The van der Waals surface area contributed by atoms with Gasteiger partial charge in [-0.3, -0.25) is 4.79 Å². The number of amides is 1. The van der Waals surface area contributed by atoms with Crippen LogP contribution in [0.4, 0.5) is 5.69 Å². The second-order valence-corrected chi connectivity index (χ2v) is 4.25. The highest BCUT2D eigenvalue weighted by Gasteiger charge is 2.06. The van der Waals surface area contributed by atoms with Gasteiger partial charge in [-0.25, -0.2) is 0 Å². The maximum Gasteiger partial charge on any atom is 0.232 e. The third kappa shape index (κ3) is 3.90. The van der Waals surface area contributed by atoms with E-state index in [-0.39, 0.29) is 18.2 Å². The first-order chi connectivity index (χ1) is 7.51. The molecule has 0 heterocycles. The van der Waals surface area contributed by atoms with Gasteiger partial charge < -0.3 is 16.3 Å². The highest BCUT2D eigenvalue weighted by atomic mass is 79.9. The number of benzene rings is 1. The number of aryl methyl sites for hydroxylation is 1. The third-order valence-electron chi connectivity index (χ3n) is 1.80. The SMILES string of the molecule is Cc1cc(Br)cc(NC(=O)C/C(N)=N/O)c1. The second kappa shape index (κ2) is 5.50. The molecule has 0 aliphatic rings. The maximum atomic E-state index is 11.4. The van der Waals surface area contributed by atoms with E-state index in [2.05, 4.69) is 26.4 Å².